The van der Waals surface area contributed by atoms with Gasteiger partial charge in [-0.2, -0.15) is 0 Å². The van der Waals surface area contributed by atoms with Crippen molar-refractivity contribution in [2.24, 2.45) is 0 Å². The molecule has 0 aromatic carbocycles. The zero-order chi connectivity index (χ0) is 9.02. The fourth-order valence-corrected chi connectivity index (χ4v) is 0.979. The summed E-state index contributed by atoms with van der Waals surface area (Å²) in [5.41, 5.74) is 2.55. The summed E-state index contributed by atoms with van der Waals surface area (Å²) in [4.78, 5) is 2.22. The molecule has 0 bridgehead atoms. The summed E-state index contributed by atoms with van der Waals surface area (Å²) in [6, 6.07) is 0.540. The van der Waals surface area contributed by atoms with Gasteiger partial charge in [-0.25, -0.2) is 0 Å². The van der Waals surface area contributed by atoms with Crippen molar-refractivity contribution < 1.29 is 0 Å². The fourth-order valence-electron chi connectivity index (χ4n) is 0.979. The maximum Gasteiger partial charge on any atom is 0.0346 e. The standard InChI is InChI=1S/C10H19N/c1-7-10(8(2)3)11(6)9(4)5/h7,9H,1H2,2-6H3. The van der Waals surface area contributed by atoms with Crippen molar-refractivity contribution in [2.75, 3.05) is 7.05 Å². The Morgan fingerprint density at radius 2 is 1.82 bits per heavy atom. The molecule has 0 aliphatic heterocycles. The Bertz CT molecular complexity index is 162. The van der Waals surface area contributed by atoms with Crippen molar-refractivity contribution in [3.63, 3.8) is 0 Å². The van der Waals surface area contributed by atoms with E-state index < -0.39 is 0 Å². The summed E-state index contributed by atoms with van der Waals surface area (Å²) in [6.07, 6.45) is 1.91. The Kier molecular flexibility index (Phi) is 3.94. The molecule has 0 aliphatic rings. The lowest BCUT2D eigenvalue weighted by Gasteiger charge is -2.25. The number of likely N-dealkylation sites (N-methyl/N-ethyl adjacent to an activating group) is 1. The molecule has 0 aromatic rings. The van der Waals surface area contributed by atoms with Gasteiger partial charge in [0.15, 0.2) is 0 Å². The predicted molar refractivity (Wildman–Crippen MR) is 51.5 cm³/mol. The number of rotatable bonds is 3. The van der Waals surface area contributed by atoms with Crippen molar-refractivity contribution in [3.8, 4) is 0 Å². The monoisotopic (exact) mass is 153 g/mol. The molecule has 0 aliphatic carbocycles. The van der Waals surface area contributed by atoms with Gasteiger partial charge in [-0.15, -0.1) is 0 Å². The average Bonchev–Trinajstić information content (AvgIpc) is 1.88. The molecular formula is C10H19N. The lowest BCUT2D eigenvalue weighted by molar-refractivity contribution is 0.351. The lowest BCUT2D eigenvalue weighted by Crippen LogP contribution is -2.25. The fraction of sp³-hybridized carbons (Fsp3) is 0.600. The third-order valence-corrected chi connectivity index (χ3v) is 1.86. The third kappa shape index (κ3) is 2.79. The minimum atomic E-state index is 0.540. The highest BCUT2D eigenvalue weighted by molar-refractivity contribution is 5.20. The minimum absolute atomic E-state index is 0.540. The van der Waals surface area contributed by atoms with E-state index in [1.54, 1.807) is 0 Å². The van der Waals surface area contributed by atoms with Crippen LogP contribution in [0.1, 0.15) is 27.7 Å². The highest BCUT2D eigenvalue weighted by Gasteiger charge is 2.05. The van der Waals surface area contributed by atoms with Gasteiger partial charge in [0.1, 0.15) is 0 Å². The molecule has 0 fully saturated rings. The predicted octanol–water partition coefficient (Wildman–Crippen LogP) is 2.81. The van der Waals surface area contributed by atoms with E-state index in [0.29, 0.717) is 6.04 Å². The van der Waals surface area contributed by atoms with Crippen LogP contribution >= 0.6 is 0 Å². The minimum Gasteiger partial charge on any atom is -0.372 e. The maximum atomic E-state index is 3.79. The van der Waals surface area contributed by atoms with Crippen LogP contribution in [0.4, 0.5) is 0 Å². The van der Waals surface area contributed by atoms with Gasteiger partial charge in [0.25, 0.3) is 0 Å². The highest BCUT2D eigenvalue weighted by atomic mass is 15.1. The molecule has 0 saturated carbocycles. The molecule has 0 amide bonds. The molecule has 0 saturated heterocycles. The van der Waals surface area contributed by atoms with Crippen LogP contribution in [0.3, 0.4) is 0 Å². The molecule has 1 nitrogen and oxygen atoms in total. The van der Waals surface area contributed by atoms with Crippen LogP contribution in [0, 0.1) is 0 Å². The van der Waals surface area contributed by atoms with Gasteiger partial charge in [0, 0.05) is 18.8 Å². The van der Waals surface area contributed by atoms with Crippen LogP contribution in [0.15, 0.2) is 23.9 Å². The van der Waals surface area contributed by atoms with E-state index in [0.717, 1.165) is 0 Å². The van der Waals surface area contributed by atoms with Gasteiger partial charge in [0.05, 0.1) is 0 Å². The van der Waals surface area contributed by atoms with Gasteiger partial charge < -0.3 is 4.90 Å². The third-order valence-electron chi connectivity index (χ3n) is 1.86. The van der Waals surface area contributed by atoms with Gasteiger partial charge in [0.2, 0.25) is 0 Å². The highest BCUT2D eigenvalue weighted by Crippen LogP contribution is 2.11. The molecule has 64 valence electrons. The van der Waals surface area contributed by atoms with Crippen molar-refractivity contribution in [3.05, 3.63) is 23.9 Å². The van der Waals surface area contributed by atoms with Crippen LogP contribution in [0.25, 0.3) is 0 Å². The largest absolute Gasteiger partial charge is 0.372 e. The Labute approximate surface area is 70.4 Å². The van der Waals surface area contributed by atoms with Crippen LogP contribution in [0.5, 0.6) is 0 Å². The van der Waals surface area contributed by atoms with Crippen LogP contribution in [0.2, 0.25) is 0 Å². The molecule has 0 unspecified atom stereocenters. The normalized spacial score (nSPS) is 9.64. The van der Waals surface area contributed by atoms with Crippen LogP contribution in [-0.2, 0) is 0 Å². The Morgan fingerprint density at radius 1 is 1.36 bits per heavy atom. The van der Waals surface area contributed by atoms with E-state index in [1.807, 2.05) is 6.08 Å². The summed E-state index contributed by atoms with van der Waals surface area (Å²) in [5.74, 6) is 0. The summed E-state index contributed by atoms with van der Waals surface area (Å²) in [7, 11) is 2.09. The van der Waals surface area contributed by atoms with Gasteiger partial charge in [-0.05, 0) is 33.8 Å². The smallest absolute Gasteiger partial charge is 0.0346 e. The second-order valence-electron chi connectivity index (χ2n) is 3.29. The van der Waals surface area contributed by atoms with Crippen molar-refractivity contribution >= 4 is 0 Å². The molecule has 11 heavy (non-hydrogen) atoms. The van der Waals surface area contributed by atoms with Crippen molar-refractivity contribution in [2.45, 2.75) is 33.7 Å². The second-order valence-corrected chi connectivity index (χ2v) is 3.29. The molecule has 0 heterocycles. The first-order chi connectivity index (χ1) is 5.00. The van der Waals surface area contributed by atoms with E-state index in [1.165, 1.54) is 11.3 Å². The van der Waals surface area contributed by atoms with E-state index in [4.69, 9.17) is 0 Å². The molecule has 0 spiro atoms. The Balaban J connectivity index is 4.53. The summed E-state index contributed by atoms with van der Waals surface area (Å²) in [5, 5.41) is 0. The number of hydrogen-bond acceptors (Lipinski definition) is 1. The zero-order valence-corrected chi connectivity index (χ0v) is 8.31. The average molecular weight is 153 g/mol. The first-order valence-corrected chi connectivity index (χ1v) is 4.03. The molecular weight excluding hydrogens is 134 g/mol. The van der Waals surface area contributed by atoms with E-state index in [9.17, 15) is 0 Å². The van der Waals surface area contributed by atoms with Gasteiger partial charge >= 0.3 is 0 Å². The van der Waals surface area contributed by atoms with E-state index in [2.05, 4.69) is 46.2 Å². The van der Waals surface area contributed by atoms with E-state index >= 15 is 0 Å². The summed E-state index contributed by atoms with van der Waals surface area (Å²) >= 11 is 0. The Morgan fingerprint density at radius 3 is 1.91 bits per heavy atom. The topological polar surface area (TPSA) is 3.24 Å². The van der Waals surface area contributed by atoms with E-state index in [-0.39, 0.29) is 0 Å². The molecule has 0 atom stereocenters. The first kappa shape index (κ1) is 10.3. The summed E-state index contributed by atoms with van der Waals surface area (Å²) in [6.45, 7) is 12.3. The number of hydrogen-bond donors (Lipinski definition) is 0. The number of nitrogens with zero attached hydrogens (tertiary/aromatic N) is 1. The lowest BCUT2D eigenvalue weighted by atomic mass is 10.2. The molecule has 0 aromatic heterocycles. The molecule has 0 rings (SSSR count). The van der Waals surface area contributed by atoms with Gasteiger partial charge in [-0.1, -0.05) is 12.2 Å². The van der Waals surface area contributed by atoms with Crippen molar-refractivity contribution in [1.29, 1.82) is 0 Å². The summed E-state index contributed by atoms with van der Waals surface area (Å²) < 4.78 is 0. The molecule has 0 N–H and O–H groups in total. The van der Waals surface area contributed by atoms with Crippen LogP contribution < -0.4 is 0 Å². The SMILES string of the molecule is C=CC(=C(C)C)N(C)C(C)C. The second kappa shape index (κ2) is 4.22. The molecule has 0 radical (unpaired) electrons. The Hall–Kier alpha value is -0.720. The van der Waals surface area contributed by atoms with Crippen LogP contribution in [-0.4, -0.2) is 18.0 Å². The number of allylic oxidation sites excluding steroid dienone is 2. The zero-order valence-electron chi connectivity index (χ0n) is 8.31. The van der Waals surface area contributed by atoms with Gasteiger partial charge in [-0.3, -0.25) is 0 Å². The quantitative estimate of drug-likeness (QED) is 0.563. The van der Waals surface area contributed by atoms with Crippen molar-refractivity contribution in [1.82, 2.24) is 4.90 Å². The maximum absolute atomic E-state index is 3.79. The molecule has 1 heteroatoms. The first-order valence-electron chi connectivity index (χ1n) is 4.03.